The van der Waals surface area contributed by atoms with Crippen molar-refractivity contribution in [3.05, 3.63) is 18.1 Å². The molecule has 1 aliphatic carbocycles. The van der Waals surface area contributed by atoms with Crippen molar-refractivity contribution in [1.82, 2.24) is 5.32 Å². The Kier molecular flexibility index (Phi) is 1.96. The van der Waals surface area contributed by atoms with Crippen LogP contribution in [0.3, 0.4) is 0 Å². The third kappa shape index (κ3) is 1.52. The summed E-state index contributed by atoms with van der Waals surface area (Å²) in [6, 6.07) is 1.90. The highest BCUT2D eigenvalue weighted by atomic mass is 16.3. The number of nitrogen functional groups attached to an aromatic ring is 1. The van der Waals surface area contributed by atoms with Crippen LogP contribution in [0.2, 0.25) is 0 Å². The van der Waals surface area contributed by atoms with Crippen molar-refractivity contribution in [3.8, 4) is 0 Å². The van der Waals surface area contributed by atoms with Gasteiger partial charge in [-0.25, -0.2) is 0 Å². The first-order chi connectivity index (χ1) is 6.27. The van der Waals surface area contributed by atoms with Crippen LogP contribution in [0, 0.1) is 0 Å². The Morgan fingerprint density at radius 2 is 2.38 bits per heavy atom. The quantitative estimate of drug-likeness (QED) is 0.717. The second-order valence-corrected chi connectivity index (χ2v) is 3.31. The topological polar surface area (TPSA) is 68.3 Å². The minimum Gasteiger partial charge on any atom is -0.457 e. The fourth-order valence-corrected chi connectivity index (χ4v) is 1.31. The van der Waals surface area contributed by atoms with Crippen molar-refractivity contribution < 1.29 is 9.21 Å². The van der Waals surface area contributed by atoms with E-state index >= 15 is 0 Å². The van der Waals surface area contributed by atoms with Gasteiger partial charge in [0.1, 0.15) is 0 Å². The lowest BCUT2D eigenvalue weighted by Crippen LogP contribution is -2.39. The highest BCUT2D eigenvalue weighted by Gasteiger charge is 2.22. The number of hydrogen-bond acceptors (Lipinski definition) is 3. The summed E-state index contributed by atoms with van der Waals surface area (Å²) in [4.78, 5) is 11.4. The van der Waals surface area contributed by atoms with Crippen molar-refractivity contribution in [2.75, 3.05) is 5.73 Å². The van der Waals surface area contributed by atoms with E-state index in [2.05, 4.69) is 5.32 Å². The smallest absolute Gasteiger partial charge is 0.289 e. The van der Waals surface area contributed by atoms with E-state index in [1.54, 1.807) is 6.07 Å². The lowest BCUT2D eigenvalue weighted by atomic mass is 9.93. The first-order valence-corrected chi connectivity index (χ1v) is 4.41. The van der Waals surface area contributed by atoms with Crippen LogP contribution in [0.4, 0.5) is 5.69 Å². The summed E-state index contributed by atoms with van der Waals surface area (Å²) in [6.07, 6.45) is 4.74. The lowest BCUT2D eigenvalue weighted by molar-refractivity contribution is 0.0890. The number of amides is 1. The molecule has 4 nitrogen and oxygen atoms in total. The van der Waals surface area contributed by atoms with Crippen LogP contribution in [0.15, 0.2) is 16.7 Å². The van der Waals surface area contributed by atoms with Crippen LogP contribution in [0.1, 0.15) is 29.8 Å². The standard InChI is InChI=1S/C9H12N2O2/c10-7-4-5-13-8(7)9(12)11-6-2-1-3-6/h4-6H,1-3,10H2,(H,11,12). The SMILES string of the molecule is Nc1ccoc1C(=O)NC1CCC1. The average Bonchev–Trinajstić information content (AvgIpc) is 2.43. The number of nitrogens with one attached hydrogen (secondary N) is 1. The summed E-state index contributed by atoms with van der Waals surface area (Å²) in [6.45, 7) is 0. The Hall–Kier alpha value is -1.45. The molecule has 70 valence electrons. The number of nitrogens with two attached hydrogens (primary N) is 1. The first kappa shape index (κ1) is 8.16. The molecule has 0 bridgehead atoms. The van der Waals surface area contributed by atoms with E-state index in [-0.39, 0.29) is 11.7 Å². The summed E-state index contributed by atoms with van der Waals surface area (Å²) < 4.78 is 4.96. The maximum Gasteiger partial charge on any atom is 0.289 e. The second-order valence-electron chi connectivity index (χ2n) is 3.31. The molecule has 1 amide bonds. The Bertz CT molecular complexity index is 315. The van der Waals surface area contributed by atoms with Crippen LogP contribution in [0.5, 0.6) is 0 Å². The molecule has 0 atom stereocenters. The van der Waals surface area contributed by atoms with Crippen LogP contribution in [0.25, 0.3) is 0 Å². The van der Waals surface area contributed by atoms with Gasteiger partial charge in [0.2, 0.25) is 5.76 Å². The van der Waals surface area contributed by atoms with E-state index in [4.69, 9.17) is 10.2 Å². The van der Waals surface area contributed by atoms with Crippen molar-refractivity contribution in [3.63, 3.8) is 0 Å². The van der Waals surface area contributed by atoms with Crippen LogP contribution in [-0.2, 0) is 0 Å². The zero-order chi connectivity index (χ0) is 9.26. The number of anilines is 1. The van der Waals surface area contributed by atoms with E-state index in [9.17, 15) is 4.79 Å². The molecule has 1 saturated carbocycles. The molecule has 0 radical (unpaired) electrons. The van der Waals surface area contributed by atoms with Crippen LogP contribution in [-0.4, -0.2) is 11.9 Å². The van der Waals surface area contributed by atoms with Gasteiger partial charge in [0.05, 0.1) is 12.0 Å². The molecule has 0 aromatic carbocycles. The molecule has 0 unspecified atom stereocenters. The Balaban J connectivity index is 2.00. The molecule has 3 N–H and O–H groups in total. The van der Waals surface area contributed by atoms with Crippen LogP contribution >= 0.6 is 0 Å². The molecule has 0 aliphatic heterocycles. The fourth-order valence-electron chi connectivity index (χ4n) is 1.31. The summed E-state index contributed by atoms with van der Waals surface area (Å²) in [5.74, 6) is 0.0269. The molecule has 0 spiro atoms. The molecule has 1 heterocycles. The molecule has 13 heavy (non-hydrogen) atoms. The maximum atomic E-state index is 11.4. The summed E-state index contributed by atoms with van der Waals surface area (Å²) >= 11 is 0. The highest BCUT2D eigenvalue weighted by Crippen LogP contribution is 2.19. The van der Waals surface area contributed by atoms with Crippen molar-refractivity contribution in [2.45, 2.75) is 25.3 Å². The summed E-state index contributed by atoms with van der Waals surface area (Å²) in [5.41, 5.74) is 5.92. The molecular formula is C9H12N2O2. The fraction of sp³-hybridized carbons (Fsp3) is 0.444. The van der Waals surface area contributed by atoms with Gasteiger partial charge < -0.3 is 15.5 Å². The normalized spacial score (nSPS) is 16.6. The first-order valence-electron chi connectivity index (χ1n) is 4.41. The van der Waals surface area contributed by atoms with Crippen molar-refractivity contribution >= 4 is 11.6 Å². The largest absolute Gasteiger partial charge is 0.457 e. The number of carbonyl (C=O) groups is 1. The van der Waals surface area contributed by atoms with Crippen molar-refractivity contribution in [1.29, 1.82) is 0 Å². The summed E-state index contributed by atoms with van der Waals surface area (Å²) in [7, 11) is 0. The highest BCUT2D eigenvalue weighted by molar-refractivity contribution is 5.96. The molecule has 1 aliphatic rings. The van der Waals surface area contributed by atoms with Crippen molar-refractivity contribution in [2.24, 2.45) is 0 Å². The minimum absolute atomic E-state index is 0.202. The van der Waals surface area contributed by atoms with E-state index in [0.29, 0.717) is 11.7 Å². The van der Waals surface area contributed by atoms with Gasteiger partial charge in [0.15, 0.2) is 0 Å². The van der Waals surface area contributed by atoms with E-state index in [0.717, 1.165) is 12.8 Å². The number of carbonyl (C=O) groups excluding carboxylic acids is 1. The maximum absolute atomic E-state index is 11.4. The Morgan fingerprint density at radius 1 is 1.62 bits per heavy atom. The van der Waals surface area contributed by atoms with Gasteiger partial charge in [-0.2, -0.15) is 0 Å². The van der Waals surface area contributed by atoms with Gasteiger partial charge in [0, 0.05) is 12.1 Å². The Morgan fingerprint density at radius 3 is 2.85 bits per heavy atom. The van der Waals surface area contributed by atoms with Gasteiger partial charge in [-0.3, -0.25) is 4.79 Å². The number of hydrogen-bond donors (Lipinski definition) is 2. The summed E-state index contributed by atoms with van der Waals surface area (Å²) in [5, 5.41) is 2.85. The lowest BCUT2D eigenvalue weighted by Gasteiger charge is -2.25. The molecule has 0 saturated heterocycles. The molecule has 1 aromatic heterocycles. The molecule has 1 aromatic rings. The molecule has 4 heteroatoms. The zero-order valence-corrected chi connectivity index (χ0v) is 7.25. The van der Waals surface area contributed by atoms with Gasteiger partial charge in [-0.15, -0.1) is 0 Å². The number of rotatable bonds is 2. The van der Waals surface area contributed by atoms with Gasteiger partial charge in [-0.05, 0) is 19.3 Å². The third-order valence-electron chi connectivity index (χ3n) is 2.34. The molecule has 1 fully saturated rings. The Labute approximate surface area is 76.1 Å². The molecular weight excluding hydrogens is 168 g/mol. The monoisotopic (exact) mass is 180 g/mol. The van der Waals surface area contributed by atoms with Gasteiger partial charge in [-0.1, -0.05) is 0 Å². The van der Waals surface area contributed by atoms with E-state index in [1.165, 1.54) is 12.7 Å². The zero-order valence-electron chi connectivity index (χ0n) is 7.25. The van der Waals surface area contributed by atoms with Gasteiger partial charge >= 0.3 is 0 Å². The second kappa shape index (κ2) is 3.12. The average molecular weight is 180 g/mol. The van der Waals surface area contributed by atoms with Crippen LogP contribution < -0.4 is 11.1 Å². The minimum atomic E-state index is -0.202. The van der Waals surface area contributed by atoms with E-state index in [1.807, 2.05) is 0 Å². The number of furan rings is 1. The third-order valence-corrected chi connectivity index (χ3v) is 2.34. The van der Waals surface area contributed by atoms with Gasteiger partial charge in [0.25, 0.3) is 5.91 Å². The molecule has 2 rings (SSSR count). The predicted molar refractivity (Wildman–Crippen MR) is 48.2 cm³/mol. The van der Waals surface area contributed by atoms with E-state index < -0.39 is 0 Å². The predicted octanol–water partition coefficient (Wildman–Crippen LogP) is 1.14.